The van der Waals surface area contributed by atoms with Crippen LogP contribution in [0.15, 0.2) is 71.8 Å². The molecule has 1 aliphatic rings. The summed E-state index contributed by atoms with van der Waals surface area (Å²) in [5.41, 5.74) is 6.42. The number of nitrogens with one attached hydrogen (secondary N) is 1. The number of rotatable bonds is 9. The van der Waals surface area contributed by atoms with Crippen LogP contribution in [0.5, 0.6) is 11.5 Å². The van der Waals surface area contributed by atoms with Crippen molar-refractivity contribution in [1.29, 1.82) is 0 Å². The lowest BCUT2D eigenvalue weighted by atomic mass is 10.1. The molecule has 4 rings (SSSR count). The van der Waals surface area contributed by atoms with Gasteiger partial charge in [-0.3, -0.25) is 9.59 Å². The molecule has 38 heavy (non-hydrogen) atoms. The molecular formula is C30H34N4O4. The summed E-state index contributed by atoms with van der Waals surface area (Å²) in [5.74, 6) is 0.938. The average Bonchev–Trinajstić information content (AvgIpc) is 2.96. The molecule has 2 amide bonds. The molecule has 3 aromatic rings. The summed E-state index contributed by atoms with van der Waals surface area (Å²) in [4.78, 5) is 29.0. The van der Waals surface area contributed by atoms with Crippen molar-refractivity contribution >= 4 is 23.7 Å². The van der Waals surface area contributed by atoms with E-state index in [9.17, 15) is 9.59 Å². The Kier molecular flexibility index (Phi) is 8.98. The van der Waals surface area contributed by atoms with Crippen LogP contribution in [0.2, 0.25) is 0 Å². The predicted octanol–water partition coefficient (Wildman–Crippen LogP) is 4.73. The van der Waals surface area contributed by atoms with Crippen LogP contribution in [0.1, 0.15) is 51.1 Å². The first kappa shape index (κ1) is 26.7. The van der Waals surface area contributed by atoms with Crippen LogP contribution in [0, 0.1) is 0 Å². The van der Waals surface area contributed by atoms with Gasteiger partial charge < -0.3 is 19.3 Å². The Hall–Kier alpha value is -4.33. The van der Waals surface area contributed by atoms with Gasteiger partial charge in [0.1, 0.15) is 6.61 Å². The van der Waals surface area contributed by atoms with Gasteiger partial charge in [-0.05, 0) is 78.9 Å². The van der Waals surface area contributed by atoms with Crippen LogP contribution in [0.3, 0.4) is 0 Å². The normalized spacial score (nSPS) is 13.3. The summed E-state index contributed by atoms with van der Waals surface area (Å²) in [6.07, 6.45) is 4.90. The first-order chi connectivity index (χ1) is 18.4. The zero-order chi connectivity index (χ0) is 26.9. The highest BCUT2D eigenvalue weighted by atomic mass is 16.5. The highest BCUT2D eigenvalue weighted by molar-refractivity contribution is 5.96. The Morgan fingerprint density at radius 1 is 0.947 bits per heavy atom. The molecule has 0 spiro atoms. The Bertz CT molecular complexity index is 1280. The van der Waals surface area contributed by atoms with Crippen molar-refractivity contribution in [1.82, 2.24) is 10.3 Å². The first-order valence-corrected chi connectivity index (χ1v) is 12.7. The van der Waals surface area contributed by atoms with E-state index in [4.69, 9.17) is 9.47 Å². The lowest BCUT2D eigenvalue weighted by molar-refractivity contribution is 0.0724. The number of piperidine rings is 1. The van der Waals surface area contributed by atoms with Gasteiger partial charge in [-0.25, -0.2) is 5.43 Å². The molecule has 1 fully saturated rings. The van der Waals surface area contributed by atoms with Crippen molar-refractivity contribution in [3.63, 3.8) is 0 Å². The number of hydrogen-bond acceptors (Lipinski definition) is 6. The molecule has 0 bridgehead atoms. The zero-order valence-electron chi connectivity index (χ0n) is 22.1. The fraction of sp³-hybridized carbons (Fsp3) is 0.300. The molecule has 3 aromatic carbocycles. The molecule has 0 aromatic heterocycles. The van der Waals surface area contributed by atoms with Gasteiger partial charge in [-0.15, -0.1) is 0 Å². The molecule has 0 saturated carbocycles. The Labute approximate surface area is 223 Å². The van der Waals surface area contributed by atoms with Gasteiger partial charge in [0, 0.05) is 44.0 Å². The number of methoxy groups -OCH3 is 1. The fourth-order valence-electron chi connectivity index (χ4n) is 4.22. The van der Waals surface area contributed by atoms with Gasteiger partial charge in [-0.1, -0.05) is 18.2 Å². The molecule has 0 radical (unpaired) electrons. The van der Waals surface area contributed by atoms with Crippen LogP contribution in [-0.2, 0) is 6.61 Å². The van der Waals surface area contributed by atoms with E-state index in [1.165, 1.54) is 6.42 Å². The van der Waals surface area contributed by atoms with E-state index in [1.807, 2.05) is 66.4 Å². The smallest absolute Gasteiger partial charge is 0.271 e. The third-order valence-electron chi connectivity index (χ3n) is 6.43. The number of likely N-dealkylation sites (tertiary alicyclic amines) is 1. The van der Waals surface area contributed by atoms with Crippen LogP contribution >= 0.6 is 0 Å². The molecular weight excluding hydrogens is 480 g/mol. The number of hydrogen-bond donors (Lipinski definition) is 1. The molecule has 0 unspecified atom stereocenters. The molecule has 8 nitrogen and oxygen atoms in total. The van der Waals surface area contributed by atoms with Crippen molar-refractivity contribution in [3.05, 3.63) is 89.0 Å². The Morgan fingerprint density at radius 2 is 1.71 bits per heavy atom. The summed E-state index contributed by atoms with van der Waals surface area (Å²) in [5, 5.41) is 4.08. The van der Waals surface area contributed by atoms with Gasteiger partial charge in [-0.2, -0.15) is 5.10 Å². The SMILES string of the molecule is COc1cc(/C=N\NC(=O)c2cccc(N(C)C)c2)ccc1OCc1ccc(C(=O)N2CCCCC2)cc1. The predicted molar refractivity (Wildman–Crippen MR) is 149 cm³/mol. The number of hydrazone groups is 1. The summed E-state index contributed by atoms with van der Waals surface area (Å²) >= 11 is 0. The summed E-state index contributed by atoms with van der Waals surface area (Å²) in [6, 6.07) is 20.3. The van der Waals surface area contributed by atoms with Gasteiger partial charge in [0.25, 0.3) is 11.8 Å². The van der Waals surface area contributed by atoms with E-state index < -0.39 is 0 Å². The van der Waals surface area contributed by atoms with Crippen LogP contribution in [0.25, 0.3) is 0 Å². The minimum atomic E-state index is -0.291. The average molecular weight is 515 g/mol. The molecule has 1 heterocycles. The number of carbonyl (C=O) groups excluding carboxylic acids is 2. The van der Waals surface area contributed by atoms with Crippen molar-refractivity contribution in [2.75, 3.05) is 39.2 Å². The highest BCUT2D eigenvalue weighted by Gasteiger charge is 2.18. The molecule has 0 aliphatic carbocycles. The molecule has 1 saturated heterocycles. The van der Waals surface area contributed by atoms with Crippen molar-refractivity contribution in [2.45, 2.75) is 25.9 Å². The van der Waals surface area contributed by atoms with E-state index in [-0.39, 0.29) is 11.8 Å². The van der Waals surface area contributed by atoms with E-state index in [1.54, 1.807) is 37.6 Å². The second-order valence-electron chi connectivity index (χ2n) is 9.39. The maximum atomic E-state index is 12.7. The van der Waals surface area contributed by atoms with E-state index >= 15 is 0 Å². The second-order valence-corrected chi connectivity index (χ2v) is 9.39. The number of amides is 2. The van der Waals surface area contributed by atoms with E-state index in [2.05, 4.69) is 10.5 Å². The third kappa shape index (κ3) is 6.91. The van der Waals surface area contributed by atoms with Crippen molar-refractivity contribution in [2.24, 2.45) is 5.10 Å². The highest BCUT2D eigenvalue weighted by Crippen LogP contribution is 2.28. The lowest BCUT2D eigenvalue weighted by Crippen LogP contribution is -2.35. The van der Waals surface area contributed by atoms with Crippen molar-refractivity contribution < 1.29 is 19.1 Å². The molecule has 0 atom stereocenters. The molecule has 1 N–H and O–H groups in total. The fourth-order valence-corrected chi connectivity index (χ4v) is 4.22. The van der Waals surface area contributed by atoms with Gasteiger partial charge in [0.2, 0.25) is 0 Å². The lowest BCUT2D eigenvalue weighted by Gasteiger charge is -2.26. The largest absolute Gasteiger partial charge is 0.493 e. The maximum absolute atomic E-state index is 12.7. The zero-order valence-corrected chi connectivity index (χ0v) is 22.1. The van der Waals surface area contributed by atoms with Crippen molar-refractivity contribution in [3.8, 4) is 11.5 Å². The minimum Gasteiger partial charge on any atom is -0.493 e. The molecule has 8 heteroatoms. The quantitative estimate of drug-likeness (QED) is 0.330. The van der Waals surface area contributed by atoms with E-state index in [0.29, 0.717) is 29.2 Å². The topological polar surface area (TPSA) is 83.5 Å². The standard InChI is InChI=1S/C30H34N4O4/c1-33(2)26-9-7-8-25(19-26)29(35)32-31-20-23-12-15-27(28(18-23)37-3)38-21-22-10-13-24(14-11-22)30(36)34-16-5-4-6-17-34/h7-15,18-20H,4-6,16-17,21H2,1-3H3,(H,32,35)/b31-20-. The van der Waals surface area contributed by atoms with Gasteiger partial charge in [0.15, 0.2) is 11.5 Å². The third-order valence-corrected chi connectivity index (χ3v) is 6.43. The first-order valence-electron chi connectivity index (χ1n) is 12.7. The number of anilines is 1. The summed E-state index contributed by atoms with van der Waals surface area (Å²) < 4.78 is 11.5. The Morgan fingerprint density at radius 3 is 2.42 bits per heavy atom. The van der Waals surface area contributed by atoms with Gasteiger partial charge in [0.05, 0.1) is 13.3 Å². The molecule has 198 valence electrons. The molecule has 1 aliphatic heterocycles. The van der Waals surface area contributed by atoms with Crippen LogP contribution in [0.4, 0.5) is 5.69 Å². The van der Waals surface area contributed by atoms with Crippen LogP contribution in [-0.4, -0.2) is 57.2 Å². The monoisotopic (exact) mass is 514 g/mol. The van der Waals surface area contributed by atoms with Crippen LogP contribution < -0.4 is 19.8 Å². The number of ether oxygens (including phenoxy) is 2. The van der Waals surface area contributed by atoms with Gasteiger partial charge >= 0.3 is 0 Å². The number of benzene rings is 3. The summed E-state index contributed by atoms with van der Waals surface area (Å²) in [7, 11) is 5.42. The summed E-state index contributed by atoms with van der Waals surface area (Å²) in [6.45, 7) is 2.01. The minimum absolute atomic E-state index is 0.0920. The number of nitrogens with zero attached hydrogens (tertiary/aromatic N) is 3. The Balaban J connectivity index is 1.33. The second kappa shape index (κ2) is 12.8. The van der Waals surface area contributed by atoms with E-state index in [0.717, 1.165) is 42.7 Å². The number of carbonyl (C=O) groups is 2. The maximum Gasteiger partial charge on any atom is 0.271 e.